The fourth-order valence-corrected chi connectivity index (χ4v) is 1.26. The number of imidazole rings is 1. The lowest BCUT2D eigenvalue weighted by Gasteiger charge is -2.05. The van der Waals surface area contributed by atoms with Gasteiger partial charge in [-0.05, 0) is 19.4 Å². The molecule has 0 atom stereocenters. The van der Waals surface area contributed by atoms with Gasteiger partial charge < -0.3 is 15.6 Å². The van der Waals surface area contributed by atoms with Crippen molar-refractivity contribution in [3.05, 3.63) is 18.7 Å². The summed E-state index contributed by atoms with van der Waals surface area (Å²) >= 11 is 0. The van der Waals surface area contributed by atoms with Gasteiger partial charge in [0, 0.05) is 31.9 Å². The topological polar surface area (TPSA) is 72.9 Å². The maximum absolute atomic E-state index is 11.3. The molecule has 1 heterocycles. The summed E-state index contributed by atoms with van der Waals surface area (Å²) < 4.78 is 1.93. The van der Waals surface area contributed by atoms with E-state index in [2.05, 4.69) is 10.3 Å². The van der Waals surface area contributed by atoms with Gasteiger partial charge in [0.15, 0.2) is 0 Å². The predicted molar refractivity (Wildman–Crippen MR) is 58.1 cm³/mol. The van der Waals surface area contributed by atoms with Crippen molar-refractivity contribution in [3.63, 3.8) is 0 Å². The van der Waals surface area contributed by atoms with Crippen LogP contribution in [0.15, 0.2) is 18.7 Å². The van der Waals surface area contributed by atoms with Gasteiger partial charge in [0.2, 0.25) is 5.91 Å². The molecule has 5 heteroatoms. The molecular weight excluding hydrogens is 192 g/mol. The first kappa shape index (κ1) is 11.7. The molecule has 1 aromatic heterocycles. The first-order valence-corrected chi connectivity index (χ1v) is 5.25. The van der Waals surface area contributed by atoms with E-state index in [1.165, 1.54) is 0 Å². The number of nitrogens with one attached hydrogen (secondary N) is 1. The van der Waals surface area contributed by atoms with Gasteiger partial charge in [-0.1, -0.05) is 0 Å². The van der Waals surface area contributed by atoms with Crippen molar-refractivity contribution in [2.75, 3.05) is 13.1 Å². The fraction of sp³-hybridized carbons (Fsp3) is 0.600. The van der Waals surface area contributed by atoms with Crippen LogP contribution in [-0.4, -0.2) is 28.5 Å². The summed E-state index contributed by atoms with van der Waals surface area (Å²) in [5.41, 5.74) is 5.34. The van der Waals surface area contributed by atoms with Gasteiger partial charge in [-0.25, -0.2) is 4.98 Å². The zero-order valence-corrected chi connectivity index (χ0v) is 8.85. The van der Waals surface area contributed by atoms with Crippen molar-refractivity contribution in [1.82, 2.24) is 14.9 Å². The third-order valence-electron chi connectivity index (χ3n) is 2.11. The van der Waals surface area contributed by atoms with Crippen LogP contribution in [0.5, 0.6) is 0 Å². The predicted octanol–water partition coefficient (Wildman–Crippen LogP) is 0.128. The average molecular weight is 210 g/mol. The van der Waals surface area contributed by atoms with Crippen molar-refractivity contribution >= 4 is 5.91 Å². The van der Waals surface area contributed by atoms with Crippen LogP contribution in [0, 0.1) is 0 Å². The minimum atomic E-state index is 0.101. The Morgan fingerprint density at radius 2 is 2.33 bits per heavy atom. The Morgan fingerprint density at radius 1 is 1.47 bits per heavy atom. The highest BCUT2D eigenvalue weighted by atomic mass is 16.1. The number of hydrogen-bond acceptors (Lipinski definition) is 3. The lowest BCUT2D eigenvalue weighted by atomic mass is 10.2. The van der Waals surface area contributed by atoms with E-state index in [-0.39, 0.29) is 5.91 Å². The largest absolute Gasteiger partial charge is 0.354 e. The second-order valence-electron chi connectivity index (χ2n) is 3.40. The molecule has 5 nitrogen and oxygen atoms in total. The van der Waals surface area contributed by atoms with Crippen LogP contribution in [0.25, 0.3) is 0 Å². The van der Waals surface area contributed by atoms with Crippen LogP contribution in [0.2, 0.25) is 0 Å². The molecule has 3 N–H and O–H groups in total. The summed E-state index contributed by atoms with van der Waals surface area (Å²) in [5, 5.41) is 2.85. The number of nitrogens with zero attached hydrogens (tertiary/aromatic N) is 2. The first-order chi connectivity index (χ1) is 7.33. The highest BCUT2D eigenvalue weighted by Crippen LogP contribution is 1.92. The summed E-state index contributed by atoms with van der Waals surface area (Å²) in [6.07, 6.45) is 7.69. The van der Waals surface area contributed by atoms with E-state index in [1.807, 2.05) is 10.8 Å². The quantitative estimate of drug-likeness (QED) is 0.628. The van der Waals surface area contributed by atoms with Crippen LogP contribution < -0.4 is 11.1 Å². The van der Waals surface area contributed by atoms with E-state index in [0.29, 0.717) is 19.5 Å². The van der Waals surface area contributed by atoms with E-state index < -0.39 is 0 Å². The number of hydrogen-bond donors (Lipinski definition) is 2. The summed E-state index contributed by atoms with van der Waals surface area (Å²) in [7, 11) is 0. The minimum absolute atomic E-state index is 0.101. The van der Waals surface area contributed by atoms with Crippen molar-refractivity contribution in [2.24, 2.45) is 5.73 Å². The second-order valence-corrected chi connectivity index (χ2v) is 3.40. The van der Waals surface area contributed by atoms with E-state index in [4.69, 9.17) is 5.73 Å². The molecule has 1 aromatic rings. The maximum Gasteiger partial charge on any atom is 0.220 e. The summed E-state index contributed by atoms with van der Waals surface area (Å²) in [4.78, 5) is 15.2. The number of carbonyl (C=O) groups is 1. The molecule has 15 heavy (non-hydrogen) atoms. The van der Waals surface area contributed by atoms with Crippen LogP contribution in [0.3, 0.4) is 0 Å². The van der Waals surface area contributed by atoms with Crippen LogP contribution in [0.1, 0.15) is 19.3 Å². The second kappa shape index (κ2) is 7.00. The summed E-state index contributed by atoms with van der Waals surface area (Å²) in [6.45, 7) is 2.07. The molecule has 0 spiro atoms. The van der Waals surface area contributed by atoms with Crippen molar-refractivity contribution < 1.29 is 4.79 Å². The zero-order chi connectivity index (χ0) is 10.9. The van der Waals surface area contributed by atoms with E-state index in [9.17, 15) is 4.79 Å². The molecule has 84 valence electrons. The lowest BCUT2D eigenvalue weighted by molar-refractivity contribution is -0.121. The zero-order valence-electron chi connectivity index (χ0n) is 8.85. The highest BCUT2D eigenvalue weighted by molar-refractivity contribution is 5.75. The Labute approximate surface area is 89.7 Å². The van der Waals surface area contributed by atoms with Gasteiger partial charge in [-0.15, -0.1) is 0 Å². The van der Waals surface area contributed by atoms with Gasteiger partial charge in [-0.2, -0.15) is 0 Å². The summed E-state index contributed by atoms with van der Waals surface area (Å²) in [6, 6.07) is 0. The number of carbonyl (C=O) groups excluding carboxylic acids is 1. The van der Waals surface area contributed by atoms with Crippen LogP contribution >= 0.6 is 0 Å². The van der Waals surface area contributed by atoms with Crippen LogP contribution in [0.4, 0.5) is 0 Å². The Hall–Kier alpha value is -1.36. The van der Waals surface area contributed by atoms with Crippen molar-refractivity contribution in [2.45, 2.75) is 25.8 Å². The smallest absolute Gasteiger partial charge is 0.220 e. The Morgan fingerprint density at radius 3 is 3.00 bits per heavy atom. The lowest BCUT2D eigenvalue weighted by Crippen LogP contribution is -2.26. The number of rotatable bonds is 7. The van der Waals surface area contributed by atoms with E-state index in [1.54, 1.807) is 12.5 Å². The molecule has 0 aliphatic rings. The molecule has 0 aliphatic carbocycles. The van der Waals surface area contributed by atoms with Crippen LogP contribution in [-0.2, 0) is 11.3 Å². The first-order valence-electron chi connectivity index (χ1n) is 5.25. The SMILES string of the molecule is NCCCCC(=O)NCCn1ccnc1. The average Bonchev–Trinajstić information content (AvgIpc) is 2.71. The molecular formula is C10H18N4O. The van der Waals surface area contributed by atoms with Gasteiger partial charge in [0.1, 0.15) is 0 Å². The summed E-state index contributed by atoms with van der Waals surface area (Å²) in [5.74, 6) is 0.101. The van der Waals surface area contributed by atoms with Gasteiger partial charge in [-0.3, -0.25) is 4.79 Å². The van der Waals surface area contributed by atoms with E-state index >= 15 is 0 Å². The van der Waals surface area contributed by atoms with Crippen molar-refractivity contribution in [1.29, 1.82) is 0 Å². The number of amides is 1. The third-order valence-corrected chi connectivity index (χ3v) is 2.11. The molecule has 1 rings (SSSR count). The molecule has 0 saturated carbocycles. The maximum atomic E-state index is 11.3. The molecule has 0 unspecified atom stereocenters. The number of aromatic nitrogens is 2. The minimum Gasteiger partial charge on any atom is -0.354 e. The molecule has 0 saturated heterocycles. The normalized spacial score (nSPS) is 10.2. The Kier molecular flexibility index (Phi) is 5.47. The van der Waals surface area contributed by atoms with Gasteiger partial charge >= 0.3 is 0 Å². The molecule has 0 bridgehead atoms. The molecule has 0 aromatic carbocycles. The Bertz CT molecular complexity index is 271. The third kappa shape index (κ3) is 5.17. The fourth-order valence-electron chi connectivity index (χ4n) is 1.26. The molecule has 0 fully saturated rings. The standard InChI is InChI=1S/C10H18N4O/c11-4-2-1-3-10(15)13-6-8-14-7-5-12-9-14/h5,7,9H,1-4,6,8,11H2,(H,13,15). The highest BCUT2D eigenvalue weighted by Gasteiger charge is 1.99. The number of unbranched alkanes of at least 4 members (excludes halogenated alkanes) is 1. The van der Waals surface area contributed by atoms with Crippen molar-refractivity contribution in [3.8, 4) is 0 Å². The number of nitrogens with two attached hydrogens (primary N) is 1. The molecule has 0 aliphatic heterocycles. The Balaban J connectivity index is 2.02. The molecule has 1 amide bonds. The van der Waals surface area contributed by atoms with E-state index in [0.717, 1.165) is 19.4 Å². The molecule has 0 radical (unpaired) electrons. The van der Waals surface area contributed by atoms with Gasteiger partial charge in [0.25, 0.3) is 0 Å². The van der Waals surface area contributed by atoms with Gasteiger partial charge in [0.05, 0.1) is 6.33 Å². The monoisotopic (exact) mass is 210 g/mol.